The summed E-state index contributed by atoms with van der Waals surface area (Å²) < 4.78 is 3.37. The van der Waals surface area contributed by atoms with Crippen LogP contribution >= 0.6 is 11.6 Å². The van der Waals surface area contributed by atoms with E-state index in [1.807, 2.05) is 48.7 Å². The Balaban J connectivity index is 1.57. The van der Waals surface area contributed by atoms with Crippen molar-refractivity contribution in [1.29, 1.82) is 0 Å². The van der Waals surface area contributed by atoms with Crippen LogP contribution in [0.1, 0.15) is 0 Å². The Morgan fingerprint density at radius 2 is 1.85 bits per heavy atom. The summed E-state index contributed by atoms with van der Waals surface area (Å²) in [4.78, 5) is 24.5. The van der Waals surface area contributed by atoms with Gasteiger partial charge < -0.3 is 10.2 Å². The second-order valence-electron chi connectivity index (χ2n) is 8.52. The van der Waals surface area contributed by atoms with Crippen molar-refractivity contribution in [3.63, 3.8) is 0 Å². The van der Waals surface area contributed by atoms with Gasteiger partial charge in [-0.3, -0.25) is 19.1 Å². The number of hydrogen-bond acceptors (Lipinski definition) is 5. The zero-order valence-electron chi connectivity index (χ0n) is 18.7. The molecule has 7 nitrogen and oxygen atoms in total. The smallest absolute Gasteiger partial charge is 0.333 e. The molecule has 0 unspecified atom stereocenters. The number of benzene rings is 2. The molecule has 4 heterocycles. The average molecular weight is 471 g/mol. The molecule has 0 saturated carbocycles. The summed E-state index contributed by atoms with van der Waals surface area (Å²) in [6.07, 6.45) is 5.35. The molecule has 0 aliphatic carbocycles. The van der Waals surface area contributed by atoms with E-state index in [0.717, 1.165) is 70.6 Å². The van der Waals surface area contributed by atoms with Gasteiger partial charge in [0, 0.05) is 56.6 Å². The third-order valence-corrected chi connectivity index (χ3v) is 6.83. The molecule has 0 spiro atoms. The number of fused-ring (bicyclic) bond motifs is 3. The zero-order valence-corrected chi connectivity index (χ0v) is 19.5. The van der Waals surface area contributed by atoms with E-state index in [9.17, 15) is 4.79 Å². The number of piperazine rings is 1. The van der Waals surface area contributed by atoms with Crippen LogP contribution in [-0.4, -0.2) is 45.3 Å². The molecule has 0 radical (unpaired) electrons. The molecular formula is C26H23ClN6O. The Hall–Kier alpha value is -3.68. The van der Waals surface area contributed by atoms with Crippen molar-refractivity contribution in [2.45, 2.75) is 0 Å². The summed E-state index contributed by atoms with van der Waals surface area (Å²) in [5.41, 5.74) is 6.02. The zero-order chi connectivity index (χ0) is 23.2. The second kappa shape index (κ2) is 8.27. The summed E-state index contributed by atoms with van der Waals surface area (Å²) in [5.74, 6) is 0. The minimum atomic E-state index is -0.137. The fraction of sp³-hybridized carbons (Fsp3) is 0.192. The van der Waals surface area contributed by atoms with Gasteiger partial charge in [-0.15, -0.1) is 0 Å². The lowest BCUT2D eigenvalue weighted by Gasteiger charge is -2.30. The van der Waals surface area contributed by atoms with Crippen molar-refractivity contribution < 1.29 is 0 Å². The van der Waals surface area contributed by atoms with Crippen LogP contribution in [0.4, 0.5) is 5.69 Å². The van der Waals surface area contributed by atoms with E-state index in [4.69, 9.17) is 11.6 Å². The lowest BCUT2D eigenvalue weighted by Crippen LogP contribution is -2.43. The topological polar surface area (TPSA) is 68.0 Å². The van der Waals surface area contributed by atoms with Gasteiger partial charge in [-0.25, -0.2) is 4.79 Å². The monoisotopic (exact) mass is 470 g/mol. The summed E-state index contributed by atoms with van der Waals surface area (Å²) in [7, 11) is 1.77. The van der Waals surface area contributed by atoms with Gasteiger partial charge in [0.1, 0.15) is 0 Å². The lowest BCUT2D eigenvalue weighted by molar-refractivity contribution is 0.589. The molecule has 170 valence electrons. The molecule has 1 aliphatic heterocycles. The minimum absolute atomic E-state index is 0.137. The quantitative estimate of drug-likeness (QED) is 0.431. The van der Waals surface area contributed by atoms with Crippen LogP contribution in [-0.2, 0) is 7.05 Å². The van der Waals surface area contributed by atoms with Crippen LogP contribution in [0.3, 0.4) is 0 Å². The summed E-state index contributed by atoms with van der Waals surface area (Å²) in [6, 6.07) is 15.9. The van der Waals surface area contributed by atoms with Crippen molar-refractivity contribution in [3.05, 3.63) is 82.6 Å². The van der Waals surface area contributed by atoms with Gasteiger partial charge in [-0.2, -0.15) is 0 Å². The average Bonchev–Trinajstić information content (AvgIpc) is 3.15. The molecule has 1 aliphatic rings. The molecule has 3 aromatic heterocycles. The second-order valence-corrected chi connectivity index (χ2v) is 8.92. The highest BCUT2D eigenvalue weighted by molar-refractivity contribution is 6.33. The van der Waals surface area contributed by atoms with Crippen LogP contribution in [0.25, 0.3) is 38.8 Å². The van der Waals surface area contributed by atoms with Gasteiger partial charge >= 0.3 is 5.69 Å². The number of imidazole rings is 1. The number of anilines is 1. The van der Waals surface area contributed by atoms with E-state index in [0.29, 0.717) is 5.02 Å². The van der Waals surface area contributed by atoms with Crippen molar-refractivity contribution in [1.82, 2.24) is 24.4 Å². The molecule has 1 N–H and O–H groups in total. The van der Waals surface area contributed by atoms with Crippen molar-refractivity contribution in [2.24, 2.45) is 7.05 Å². The number of halogens is 1. The van der Waals surface area contributed by atoms with E-state index >= 15 is 0 Å². The number of nitrogens with one attached hydrogen (secondary N) is 1. The maximum absolute atomic E-state index is 13.4. The third-order valence-electron chi connectivity index (χ3n) is 6.53. The summed E-state index contributed by atoms with van der Waals surface area (Å²) in [5, 5.41) is 4.90. The van der Waals surface area contributed by atoms with E-state index in [-0.39, 0.29) is 5.69 Å². The first-order valence-corrected chi connectivity index (χ1v) is 11.7. The first-order chi connectivity index (χ1) is 16.6. The molecule has 5 aromatic rings. The maximum atomic E-state index is 13.4. The fourth-order valence-corrected chi connectivity index (χ4v) is 5.04. The van der Waals surface area contributed by atoms with Crippen LogP contribution in [0.5, 0.6) is 0 Å². The van der Waals surface area contributed by atoms with Gasteiger partial charge in [-0.05, 0) is 42.0 Å². The number of nitrogens with zero attached hydrogens (tertiary/aromatic N) is 5. The van der Waals surface area contributed by atoms with E-state index < -0.39 is 0 Å². The first-order valence-electron chi connectivity index (χ1n) is 11.3. The molecule has 6 rings (SSSR count). The van der Waals surface area contributed by atoms with Gasteiger partial charge in [0.05, 0.1) is 39.1 Å². The predicted octanol–water partition coefficient (Wildman–Crippen LogP) is 4.00. The highest BCUT2D eigenvalue weighted by Gasteiger charge is 2.19. The normalized spacial score (nSPS) is 14.2. The maximum Gasteiger partial charge on any atom is 0.333 e. The van der Waals surface area contributed by atoms with Gasteiger partial charge in [0.25, 0.3) is 0 Å². The SMILES string of the molecule is Cn1c(=O)n(-c2ccc(N3CCNCC3)c(Cl)c2)c2c3cc(-c4cccnc4)ccc3ncc21. The standard InChI is InChI=1S/C26H23ClN6O/c1-31-24-16-30-22-6-4-17(18-3-2-8-29-15-18)13-20(22)25(24)33(26(31)34)19-5-7-23(21(27)14-19)32-11-9-28-10-12-32/h2-8,13-16,28H,9-12H2,1H3. The molecule has 1 saturated heterocycles. The van der Waals surface area contributed by atoms with Crippen LogP contribution in [0.2, 0.25) is 5.02 Å². The Bertz CT molecular complexity index is 1580. The Kier molecular flexibility index (Phi) is 5.08. The molecular weight excluding hydrogens is 448 g/mol. The highest BCUT2D eigenvalue weighted by Crippen LogP contribution is 2.32. The van der Waals surface area contributed by atoms with Gasteiger partial charge in [-0.1, -0.05) is 23.7 Å². The van der Waals surface area contributed by atoms with E-state index in [1.165, 1.54) is 0 Å². The summed E-state index contributed by atoms with van der Waals surface area (Å²) >= 11 is 6.74. The van der Waals surface area contributed by atoms with Crippen molar-refractivity contribution in [3.8, 4) is 16.8 Å². The molecule has 0 atom stereocenters. The largest absolute Gasteiger partial charge is 0.368 e. The first kappa shape index (κ1) is 20.9. The number of rotatable bonds is 3. The predicted molar refractivity (Wildman–Crippen MR) is 137 cm³/mol. The van der Waals surface area contributed by atoms with Gasteiger partial charge in [0.2, 0.25) is 0 Å². The molecule has 1 fully saturated rings. The number of hydrogen-bond donors (Lipinski definition) is 1. The molecule has 34 heavy (non-hydrogen) atoms. The van der Waals surface area contributed by atoms with Crippen LogP contribution in [0, 0.1) is 0 Å². The molecule has 0 bridgehead atoms. The highest BCUT2D eigenvalue weighted by atomic mass is 35.5. The van der Waals surface area contributed by atoms with E-state index in [1.54, 1.807) is 28.6 Å². The van der Waals surface area contributed by atoms with Crippen molar-refractivity contribution in [2.75, 3.05) is 31.1 Å². The fourth-order valence-electron chi connectivity index (χ4n) is 4.75. The lowest BCUT2D eigenvalue weighted by atomic mass is 10.0. The number of pyridine rings is 2. The number of aromatic nitrogens is 4. The Morgan fingerprint density at radius 1 is 1.00 bits per heavy atom. The third kappa shape index (κ3) is 3.36. The molecule has 0 amide bonds. The minimum Gasteiger partial charge on any atom is -0.368 e. The Morgan fingerprint density at radius 3 is 2.62 bits per heavy atom. The Labute approximate surface area is 201 Å². The van der Waals surface area contributed by atoms with Crippen LogP contribution in [0.15, 0.2) is 71.9 Å². The van der Waals surface area contributed by atoms with E-state index in [2.05, 4.69) is 26.3 Å². The van der Waals surface area contributed by atoms with Gasteiger partial charge in [0.15, 0.2) is 0 Å². The summed E-state index contributed by atoms with van der Waals surface area (Å²) in [6.45, 7) is 3.67. The molecule has 2 aromatic carbocycles. The molecule has 8 heteroatoms. The van der Waals surface area contributed by atoms with Crippen LogP contribution < -0.4 is 15.9 Å². The number of aryl methyl sites for hydroxylation is 1. The van der Waals surface area contributed by atoms with Crippen molar-refractivity contribution >= 4 is 39.2 Å².